The van der Waals surface area contributed by atoms with E-state index < -0.39 is 0 Å². The van der Waals surface area contributed by atoms with Gasteiger partial charge in [0, 0.05) is 0 Å². The minimum Gasteiger partial charge on any atom is -0.320 e. The second kappa shape index (κ2) is 11.5. The highest BCUT2D eigenvalue weighted by Gasteiger charge is 2.24. The van der Waals surface area contributed by atoms with Gasteiger partial charge in [-0.15, -0.1) is 0 Å². The average Bonchev–Trinajstić information content (AvgIpc) is 2.57. The molecule has 0 aliphatic rings. The normalized spacial score (nSPS) is 12.1. The van der Waals surface area contributed by atoms with Gasteiger partial charge in [0.05, 0.1) is 26.2 Å². The maximum absolute atomic E-state index is 2.41. The van der Waals surface area contributed by atoms with Gasteiger partial charge in [0.2, 0.25) is 0 Å². The van der Waals surface area contributed by atoms with Gasteiger partial charge in [-0.1, -0.05) is 76.4 Å². The lowest BCUT2D eigenvalue weighted by molar-refractivity contribution is -0.923. The molecule has 0 aromatic heterocycles. The van der Waals surface area contributed by atoms with E-state index in [0.29, 0.717) is 0 Å². The Balaban J connectivity index is 2.73. The summed E-state index contributed by atoms with van der Waals surface area (Å²) in [5.74, 6) is 0. The quantitative estimate of drug-likeness (QED) is 0.421. The van der Waals surface area contributed by atoms with Crippen molar-refractivity contribution in [3.8, 4) is 0 Å². The molecule has 124 valence electrons. The summed E-state index contributed by atoms with van der Waals surface area (Å²) in [7, 11) is 0. The lowest BCUT2D eigenvalue weighted by Crippen LogP contribution is -2.50. The molecule has 0 N–H and O–H groups in total. The summed E-state index contributed by atoms with van der Waals surface area (Å²) in [6.07, 6.45) is 12.7. The maximum atomic E-state index is 2.41. The van der Waals surface area contributed by atoms with E-state index in [0.717, 1.165) is 0 Å². The van der Waals surface area contributed by atoms with Crippen molar-refractivity contribution in [2.75, 3.05) is 26.2 Å². The van der Waals surface area contributed by atoms with Crippen LogP contribution in [0, 0.1) is 0 Å². The van der Waals surface area contributed by atoms with Gasteiger partial charge in [-0.3, -0.25) is 0 Å². The van der Waals surface area contributed by atoms with E-state index in [-0.39, 0.29) is 0 Å². The van der Waals surface area contributed by atoms with Crippen LogP contribution in [0.15, 0.2) is 36.4 Å². The Hall–Kier alpha value is -1.08. The Morgan fingerprint density at radius 1 is 0.773 bits per heavy atom. The predicted molar refractivity (Wildman–Crippen MR) is 99.9 cm³/mol. The summed E-state index contributed by atoms with van der Waals surface area (Å²) >= 11 is 0. The van der Waals surface area contributed by atoms with Gasteiger partial charge in [-0.2, -0.15) is 0 Å². The third-order valence-corrected chi connectivity index (χ3v) is 4.56. The molecule has 0 fully saturated rings. The third-order valence-electron chi connectivity index (χ3n) is 4.56. The smallest absolute Gasteiger partial charge is 0.0977 e. The van der Waals surface area contributed by atoms with Crippen LogP contribution in [-0.2, 0) is 0 Å². The van der Waals surface area contributed by atoms with Crippen molar-refractivity contribution >= 4 is 6.08 Å². The summed E-state index contributed by atoms with van der Waals surface area (Å²) in [5, 5.41) is 0. The van der Waals surface area contributed by atoms with Crippen molar-refractivity contribution in [3.05, 3.63) is 42.0 Å². The van der Waals surface area contributed by atoms with Gasteiger partial charge in [0.1, 0.15) is 0 Å². The first-order valence-electron chi connectivity index (χ1n) is 9.33. The fourth-order valence-electron chi connectivity index (χ4n) is 3.07. The van der Waals surface area contributed by atoms with Crippen LogP contribution in [0.2, 0.25) is 0 Å². The Kier molecular flexibility index (Phi) is 9.90. The Morgan fingerprint density at radius 3 is 1.73 bits per heavy atom. The predicted octanol–water partition coefficient (Wildman–Crippen LogP) is 5.92. The van der Waals surface area contributed by atoms with Crippen molar-refractivity contribution in [2.24, 2.45) is 0 Å². The molecule has 0 amide bonds. The number of hydrogen-bond donors (Lipinski definition) is 0. The minimum absolute atomic E-state index is 1.19. The molecule has 0 bridgehead atoms. The van der Waals surface area contributed by atoms with Gasteiger partial charge in [0.15, 0.2) is 0 Å². The van der Waals surface area contributed by atoms with Gasteiger partial charge >= 0.3 is 0 Å². The summed E-state index contributed by atoms with van der Waals surface area (Å²) < 4.78 is 1.29. The second-order valence-electron chi connectivity index (χ2n) is 6.57. The number of unbranched alkanes of at least 4 members (excludes halogenated alkanes) is 3. The van der Waals surface area contributed by atoms with Gasteiger partial charge in [-0.05, 0) is 30.9 Å². The van der Waals surface area contributed by atoms with Crippen molar-refractivity contribution in [3.63, 3.8) is 0 Å². The SMILES string of the molecule is CCCC[N+](CC=Cc1ccccc1)(CCCC)CCCC. The fraction of sp³-hybridized carbons (Fsp3) is 0.619. The van der Waals surface area contributed by atoms with Gasteiger partial charge in [-0.25, -0.2) is 0 Å². The molecule has 0 aliphatic heterocycles. The first-order chi connectivity index (χ1) is 10.8. The zero-order valence-corrected chi connectivity index (χ0v) is 15.1. The van der Waals surface area contributed by atoms with E-state index in [1.807, 2.05) is 0 Å². The van der Waals surface area contributed by atoms with Crippen LogP contribution < -0.4 is 0 Å². The van der Waals surface area contributed by atoms with E-state index in [1.54, 1.807) is 0 Å². The molecule has 0 saturated heterocycles. The molecule has 0 spiro atoms. The Morgan fingerprint density at radius 2 is 1.27 bits per heavy atom. The van der Waals surface area contributed by atoms with E-state index in [4.69, 9.17) is 0 Å². The van der Waals surface area contributed by atoms with Crippen LogP contribution in [-0.4, -0.2) is 30.7 Å². The molecule has 1 aromatic carbocycles. The standard InChI is InChI=1S/C21H36N/c1-4-7-17-22(18-8-5-2,19-9-6-3)20-13-16-21-14-11-10-12-15-21/h10-16H,4-9,17-20H2,1-3H3/q+1. The highest BCUT2D eigenvalue weighted by molar-refractivity contribution is 5.48. The molecule has 1 heteroatoms. The van der Waals surface area contributed by atoms with Gasteiger partial charge < -0.3 is 4.48 Å². The van der Waals surface area contributed by atoms with E-state index >= 15 is 0 Å². The third kappa shape index (κ3) is 7.26. The Labute approximate surface area is 138 Å². The molecule has 0 saturated carbocycles. The summed E-state index contributed by atoms with van der Waals surface area (Å²) in [5.41, 5.74) is 1.32. The summed E-state index contributed by atoms with van der Waals surface area (Å²) in [6, 6.07) is 10.7. The van der Waals surface area contributed by atoms with E-state index in [9.17, 15) is 0 Å². The monoisotopic (exact) mass is 302 g/mol. The van der Waals surface area contributed by atoms with Crippen LogP contribution >= 0.6 is 0 Å². The van der Waals surface area contributed by atoms with E-state index in [2.05, 4.69) is 63.3 Å². The second-order valence-corrected chi connectivity index (χ2v) is 6.57. The number of benzene rings is 1. The van der Waals surface area contributed by atoms with Crippen molar-refractivity contribution in [1.29, 1.82) is 0 Å². The number of hydrogen-bond acceptors (Lipinski definition) is 0. The van der Waals surface area contributed by atoms with Crippen molar-refractivity contribution in [1.82, 2.24) is 0 Å². The van der Waals surface area contributed by atoms with E-state index in [1.165, 1.54) is 74.8 Å². The topological polar surface area (TPSA) is 0 Å². The lowest BCUT2D eigenvalue weighted by atomic mass is 10.1. The summed E-state index contributed by atoms with van der Waals surface area (Å²) in [4.78, 5) is 0. The fourth-order valence-corrected chi connectivity index (χ4v) is 3.07. The number of quaternary nitrogens is 1. The maximum Gasteiger partial charge on any atom is 0.0977 e. The molecule has 22 heavy (non-hydrogen) atoms. The summed E-state index contributed by atoms with van der Waals surface area (Å²) in [6.45, 7) is 12.2. The van der Waals surface area contributed by atoms with Crippen molar-refractivity contribution in [2.45, 2.75) is 59.3 Å². The van der Waals surface area contributed by atoms with Crippen molar-refractivity contribution < 1.29 is 4.48 Å². The molecule has 0 aliphatic carbocycles. The largest absolute Gasteiger partial charge is 0.320 e. The molecule has 0 unspecified atom stereocenters. The highest BCUT2D eigenvalue weighted by atomic mass is 15.3. The minimum atomic E-state index is 1.19. The molecular formula is C21H36N+. The molecule has 0 atom stereocenters. The zero-order chi connectivity index (χ0) is 16.1. The average molecular weight is 303 g/mol. The Bertz CT molecular complexity index is 372. The molecule has 1 aromatic rings. The molecule has 0 radical (unpaired) electrons. The van der Waals surface area contributed by atoms with Crippen LogP contribution in [0.4, 0.5) is 0 Å². The molecular weight excluding hydrogens is 266 g/mol. The molecule has 1 nitrogen and oxygen atoms in total. The van der Waals surface area contributed by atoms with Crippen LogP contribution in [0.3, 0.4) is 0 Å². The zero-order valence-electron chi connectivity index (χ0n) is 15.1. The number of nitrogens with zero attached hydrogens (tertiary/aromatic N) is 1. The highest BCUT2D eigenvalue weighted by Crippen LogP contribution is 2.15. The van der Waals surface area contributed by atoms with Crippen LogP contribution in [0.5, 0.6) is 0 Å². The first kappa shape index (κ1) is 19.0. The van der Waals surface area contributed by atoms with Crippen LogP contribution in [0.25, 0.3) is 6.08 Å². The van der Waals surface area contributed by atoms with Gasteiger partial charge in [0.25, 0.3) is 0 Å². The van der Waals surface area contributed by atoms with Crippen LogP contribution in [0.1, 0.15) is 64.9 Å². The molecule has 0 heterocycles. The molecule has 1 rings (SSSR count). The first-order valence-corrected chi connectivity index (χ1v) is 9.33. The lowest BCUT2D eigenvalue weighted by Gasteiger charge is -2.38. The number of rotatable bonds is 12.